The van der Waals surface area contributed by atoms with Gasteiger partial charge in [-0.1, -0.05) is 35.9 Å². The molecule has 0 bridgehead atoms. The fourth-order valence-corrected chi connectivity index (χ4v) is 4.15. The Morgan fingerprint density at radius 3 is 2.18 bits per heavy atom. The van der Waals surface area contributed by atoms with E-state index in [-0.39, 0.29) is 10.8 Å². The quantitative estimate of drug-likeness (QED) is 0.661. The Hall–Kier alpha value is -3.12. The number of aryl methyl sites for hydroxylation is 3. The van der Waals surface area contributed by atoms with Crippen LogP contribution in [0.2, 0.25) is 0 Å². The molecule has 0 saturated carbocycles. The Morgan fingerprint density at radius 1 is 0.786 bits per heavy atom. The van der Waals surface area contributed by atoms with Crippen LogP contribution < -0.4 is 10.0 Å². The van der Waals surface area contributed by atoms with Crippen LogP contribution in [0.4, 0.5) is 11.4 Å². The zero-order valence-corrected chi connectivity index (χ0v) is 16.8. The van der Waals surface area contributed by atoms with Crippen LogP contribution in [0.25, 0.3) is 0 Å². The summed E-state index contributed by atoms with van der Waals surface area (Å²) in [5.41, 5.74) is 3.99. The molecular formula is C22H22N2O3S. The van der Waals surface area contributed by atoms with Crippen LogP contribution in [0.15, 0.2) is 71.6 Å². The van der Waals surface area contributed by atoms with Gasteiger partial charge >= 0.3 is 0 Å². The average Bonchev–Trinajstić information content (AvgIpc) is 2.65. The lowest BCUT2D eigenvalue weighted by Crippen LogP contribution is -2.16. The highest BCUT2D eigenvalue weighted by molar-refractivity contribution is 7.92. The minimum atomic E-state index is -3.75. The molecule has 3 aromatic rings. The molecule has 5 nitrogen and oxygen atoms in total. The molecule has 0 aliphatic carbocycles. The SMILES string of the molecule is Cc1ccc(NC(=O)c2cccc(NS(=O)(=O)c3cc(C)ccc3C)c2)cc1. The largest absolute Gasteiger partial charge is 0.322 e. The van der Waals surface area contributed by atoms with Gasteiger partial charge in [0.25, 0.3) is 15.9 Å². The molecular weight excluding hydrogens is 372 g/mol. The van der Waals surface area contributed by atoms with Crippen molar-refractivity contribution in [2.45, 2.75) is 25.7 Å². The lowest BCUT2D eigenvalue weighted by Gasteiger charge is -2.12. The second-order valence-corrected chi connectivity index (χ2v) is 8.43. The number of anilines is 2. The molecule has 6 heteroatoms. The summed E-state index contributed by atoms with van der Waals surface area (Å²) in [7, 11) is -3.75. The molecule has 0 fully saturated rings. The maximum absolute atomic E-state index is 12.8. The highest BCUT2D eigenvalue weighted by atomic mass is 32.2. The van der Waals surface area contributed by atoms with Crippen molar-refractivity contribution < 1.29 is 13.2 Å². The summed E-state index contributed by atoms with van der Waals surface area (Å²) >= 11 is 0. The standard InChI is InChI=1S/C22H22N2O3S/c1-15-8-11-19(12-9-15)23-22(25)18-5-4-6-20(14-18)24-28(26,27)21-13-16(2)7-10-17(21)3/h4-14,24H,1-3H3,(H,23,25). The summed E-state index contributed by atoms with van der Waals surface area (Å²) in [4.78, 5) is 12.7. The van der Waals surface area contributed by atoms with E-state index in [4.69, 9.17) is 0 Å². The summed E-state index contributed by atoms with van der Waals surface area (Å²) in [6.07, 6.45) is 0. The van der Waals surface area contributed by atoms with E-state index in [9.17, 15) is 13.2 Å². The molecule has 0 aromatic heterocycles. The Labute approximate surface area is 165 Å². The number of sulfonamides is 1. The summed E-state index contributed by atoms with van der Waals surface area (Å²) in [5.74, 6) is -0.309. The summed E-state index contributed by atoms with van der Waals surface area (Å²) in [6.45, 7) is 5.56. The highest BCUT2D eigenvalue weighted by Gasteiger charge is 2.18. The van der Waals surface area contributed by atoms with Gasteiger partial charge in [-0.3, -0.25) is 9.52 Å². The number of carbonyl (C=O) groups is 1. The Bertz CT molecular complexity index is 1120. The van der Waals surface area contributed by atoms with E-state index in [1.165, 1.54) is 6.07 Å². The topological polar surface area (TPSA) is 75.3 Å². The van der Waals surface area contributed by atoms with Crippen molar-refractivity contribution in [2.24, 2.45) is 0 Å². The van der Waals surface area contributed by atoms with Crippen molar-refractivity contribution >= 4 is 27.3 Å². The molecule has 3 rings (SSSR count). The van der Waals surface area contributed by atoms with Crippen LogP contribution in [0.1, 0.15) is 27.0 Å². The number of benzene rings is 3. The first kappa shape index (κ1) is 19.6. The lowest BCUT2D eigenvalue weighted by molar-refractivity contribution is 0.102. The van der Waals surface area contributed by atoms with Crippen molar-refractivity contribution in [3.63, 3.8) is 0 Å². The fourth-order valence-electron chi connectivity index (χ4n) is 2.77. The van der Waals surface area contributed by atoms with Crippen LogP contribution in [0.5, 0.6) is 0 Å². The number of amides is 1. The van der Waals surface area contributed by atoms with E-state index in [0.29, 0.717) is 22.5 Å². The number of hydrogen-bond acceptors (Lipinski definition) is 3. The molecule has 0 saturated heterocycles. The van der Waals surface area contributed by atoms with Gasteiger partial charge in [0.1, 0.15) is 0 Å². The van der Waals surface area contributed by atoms with Gasteiger partial charge < -0.3 is 5.32 Å². The van der Waals surface area contributed by atoms with E-state index in [0.717, 1.165) is 11.1 Å². The second kappa shape index (κ2) is 7.86. The molecule has 2 N–H and O–H groups in total. The Morgan fingerprint density at radius 2 is 1.46 bits per heavy atom. The van der Waals surface area contributed by atoms with Crippen molar-refractivity contribution in [3.05, 3.63) is 89.0 Å². The first-order chi connectivity index (χ1) is 13.2. The van der Waals surface area contributed by atoms with Gasteiger partial charge in [0.15, 0.2) is 0 Å². The van der Waals surface area contributed by atoms with Crippen molar-refractivity contribution in [3.8, 4) is 0 Å². The molecule has 0 aliphatic rings. The Balaban J connectivity index is 1.82. The van der Waals surface area contributed by atoms with Crippen LogP contribution in [-0.4, -0.2) is 14.3 Å². The summed E-state index contributed by atoms with van der Waals surface area (Å²) < 4.78 is 28.1. The van der Waals surface area contributed by atoms with E-state index in [1.807, 2.05) is 44.2 Å². The summed E-state index contributed by atoms with van der Waals surface area (Å²) in [5, 5.41) is 2.81. The molecule has 28 heavy (non-hydrogen) atoms. The smallest absolute Gasteiger partial charge is 0.262 e. The van der Waals surface area contributed by atoms with Gasteiger partial charge in [-0.05, 0) is 68.3 Å². The predicted molar refractivity (Wildman–Crippen MR) is 112 cm³/mol. The molecule has 0 unspecified atom stereocenters. The summed E-state index contributed by atoms with van der Waals surface area (Å²) in [6, 6.07) is 19.1. The number of hydrogen-bond donors (Lipinski definition) is 2. The van der Waals surface area contributed by atoms with E-state index in [2.05, 4.69) is 10.0 Å². The minimum absolute atomic E-state index is 0.224. The normalized spacial score (nSPS) is 11.1. The number of rotatable bonds is 5. The first-order valence-electron chi connectivity index (χ1n) is 8.83. The van der Waals surface area contributed by atoms with Crippen molar-refractivity contribution in [1.82, 2.24) is 0 Å². The number of carbonyl (C=O) groups excluding carboxylic acids is 1. The molecule has 0 atom stereocenters. The van der Waals surface area contributed by atoms with E-state index in [1.54, 1.807) is 37.3 Å². The van der Waals surface area contributed by atoms with Gasteiger partial charge in [0.05, 0.1) is 4.90 Å². The third kappa shape index (κ3) is 4.58. The van der Waals surface area contributed by atoms with E-state index < -0.39 is 10.0 Å². The van der Waals surface area contributed by atoms with Crippen LogP contribution in [0, 0.1) is 20.8 Å². The molecule has 144 valence electrons. The molecule has 0 heterocycles. The number of nitrogens with one attached hydrogen (secondary N) is 2. The monoisotopic (exact) mass is 394 g/mol. The molecule has 0 aliphatic heterocycles. The van der Waals surface area contributed by atoms with Gasteiger partial charge in [0, 0.05) is 16.9 Å². The average molecular weight is 394 g/mol. The first-order valence-corrected chi connectivity index (χ1v) is 10.3. The zero-order chi connectivity index (χ0) is 20.3. The van der Waals surface area contributed by atoms with Crippen LogP contribution in [-0.2, 0) is 10.0 Å². The lowest BCUT2D eigenvalue weighted by atomic mass is 10.2. The third-order valence-electron chi connectivity index (χ3n) is 4.32. The van der Waals surface area contributed by atoms with E-state index >= 15 is 0 Å². The van der Waals surface area contributed by atoms with Crippen molar-refractivity contribution in [2.75, 3.05) is 10.0 Å². The second-order valence-electron chi connectivity index (χ2n) is 6.78. The molecule has 3 aromatic carbocycles. The third-order valence-corrected chi connectivity index (χ3v) is 5.84. The minimum Gasteiger partial charge on any atom is -0.322 e. The molecule has 0 spiro atoms. The zero-order valence-electron chi connectivity index (χ0n) is 16.0. The molecule has 0 radical (unpaired) electrons. The maximum Gasteiger partial charge on any atom is 0.262 e. The highest BCUT2D eigenvalue weighted by Crippen LogP contribution is 2.21. The van der Waals surface area contributed by atoms with Gasteiger partial charge in [-0.2, -0.15) is 0 Å². The van der Waals surface area contributed by atoms with Crippen molar-refractivity contribution in [1.29, 1.82) is 0 Å². The maximum atomic E-state index is 12.8. The molecule has 1 amide bonds. The van der Waals surface area contributed by atoms with Gasteiger partial charge in [-0.25, -0.2) is 8.42 Å². The van der Waals surface area contributed by atoms with Crippen LogP contribution >= 0.6 is 0 Å². The van der Waals surface area contributed by atoms with Gasteiger partial charge in [0.2, 0.25) is 0 Å². The Kier molecular flexibility index (Phi) is 5.51. The van der Waals surface area contributed by atoms with Gasteiger partial charge in [-0.15, -0.1) is 0 Å². The fraction of sp³-hybridized carbons (Fsp3) is 0.136. The predicted octanol–water partition coefficient (Wildman–Crippen LogP) is 4.66. The van der Waals surface area contributed by atoms with Crippen LogP contribution in [0.3, 0.4) is 0 Å².